The summed E-state index contributed by atoms with van der Waals surface area (Å²) in [6.07, 6.45) is 0.235. The summed E-state index contributed by atoms with van der Waals surface area (Å²) in [6.45, 7) is 4.88. The average molecular weight is 421 g/mol. The molecule has 3 aliphatic rings. The highest BCUT2D eigenvalue weighted by molar-refractivity contribution is 6.07. The van der Waals surface area contributed by atoms with Crippen LogP contribution in [0.25, 0.3) is 0 Å². The summed E-state index contributed by atoms with van der Waals surface area (Å²) in [5.41, 5.74) is -0.485. The Bertz CT molecular complexity index is 870. The van der Waals surface area contributed by atoms with E-state index in [0.717, 1.165) is 12.1 Å². The number of urea groups is 1. The molecule has 1 aromatic rings. The molecular weight excluding hydrogens is 396 g/mol. The number of carbonyl (C=O) groups is 3. The number of hydrogen-bond donors (Lipinski definition) is 3. The molecule has 0 aliphatic carbocycles. The standard InChI is InChI=1S/C20H25F2N5O3/c1-12(9-20(13-10-23-11-13)18(29)24-19(30)25-20)17(28)27-6-4-26(5-7-27)14-2-3-15(21)16(22)8-14/h2-3,8,12-13,23H,4-7,9-11H2,1H3,(H2,24,25,29,30). The van der Waals surface area contributed by atoms with Crippen LogP contribution in [0.3, 0.4) is 0 Å². The van der Waals surface area contributed by atoms with Gasteiger partial charge in [-0.05, 0) is 18.6 Å². The number of carbonyl (C=O) groups excluding carboxylic acids is 3. The Kier molecular flexibility index (Phi) is 5.35. The fourth-order valence-electron chi connectivity index (χ4n) is 4.49. The minimum atomic E-state index is -1.06. The van der Waals surface area contributed by atoms with E-state index in [1.807, 2.05) is 4.90 Å². The first-order valence-corrected chi connectivity index (χ1v) is 10.1. The molecular formula is C20H25F2N5O3. The third-order valence-corrected chi connectivity index (χ3v) is 6.36. The van der Waals surface area contributed by atoms with Gasteiger partial charge in [-0.1, -0.05) is 6.92 Å². The van der Waals surface area contributed by atoms with Crippen molar-refractivity contribution >= 4 is 23.5 Å². The number of halogens is 2. The fraction of sp³-hybridized carbons (Fsp3) is 0.550. The van der Waals surface area contributed by atoms with Gasteiger partial charge in [-0.15, -0.1) is 0 Å². The van der Waals surface area contributed by atoms with Crippen LogP contribution in [0, 0.1) is 23.5 Å². The maximum Gasteiger partial charge on any atom is 0.322 e. The summed E-state index contributed by atoms with van der Waals surface area (Å²) in [4.78, 5) is 40.9. The molecule has 3 saturated heterocycles. The zero-order valence-corrected chi connectivity index (χ0v) is 16.7. The highest BCUT2D eigenvalue weighted by Crippen LogP contribution is 2.32. The number of nitrogens with one attached hydrogen (secondary N) is 3. The molecule has 3 heterocycles. The van der Waals surface area contributed by atoms with Crippen LogP contribution in [-0.2, 0) is 9.59 Å². The first-order chi connectivity index (χ1) is 14.3. The van der Waals surface area contributed by atoms with Crippen LogP contribution in [0.5, 0.6) is 0 Å². The molecule has 0 radical (unpaired) electrons. The molecule has 4 amide bonds. The minimum Gasteiger partial charge on any atom is -0.368 e. The molecule has 4 rings (SSSR count). The quantitative estimate of drug-likeness (QED) is 0.600. The molecule has 3 aliphatic heterocycles. The Labute approximate surface area is 173 Å². The van der Waals surface area contributed by atoms with Gasteiger partial charge >= 0.3 is 6.03 Å². The molecule has 0 spiro atoms. The van der Waals surface area contributed by atoms with Crippen LogP contribution >= 0.6 is 0 Å². The smallest absolute Gasteiger partial charge is 0.322 e. The van der Waals surface area contributed by atoms with Crippen molar-refractivity contribution in [1.29, 1.82) is 0 Å². The maximum atomic E-state index is 13.5. The van der Waals surface area contributed by atoms with Crippen molar-refractivity contribution in [2.75, 3.05) is 44.2 Å². The van der Waals surface area contributed by atoms with Gasteiger partial charge in [0.1, 0.15) is 5.54 Å². The number of anilines is 1. The second kappa shape index (κ2) is 7.82. The second-order valence-corrected chi connectivity index (χ2v) is 8.25. The van der Waals surface area contributed by atoms with Crippen LogP contribution in [-0.4, -0.2) is 67.6 Å². The zero-order chi connectivity index (χ0) is 21.5. The number of nitrogens with zero attached hydrogens (tertiary/aromatic N) is 2. The molecule has 3 N–H and O–H groups in total. The van der Waals surface area contributed by atoms with Gasteiger partial charge in [0.15, 0.2) is 11.6 Å². The van der Waals surface area contributed by atoms with E-state index >= 15 is 0 Å². The first-order valence-electron chi connectivity index (χ1n) is 10.1. The molecule has 2 unspecified atom stereocenters. The molecule has 30 heavy (non-hydrogen) atoms. The topological polar surface area (TPSA) is 93.8 Å². The molecule has 0 saturated carbocycles. The van der Waals surface area contributed by atoms with Crippen LogP contribution in [0.1, 0.15) is 13.3 Å². The van der Waals surface area contributed by atoms with E-state index in [2.05, 4.69) is 16.0 Å². The summed E-state index contributed by atoms with van der Waals surface area (Å²) in [6, 6.07) is 3.26. The van der Waals surface area contributed by atoms with Crippen LogP contribution in [0.2, 0.25) is 0 Å². The predicted octanol–water partition coefficient (Wildman–Crippen LogP) is 0.437. The SMILES string of the molecule is CC(CC1(C2CNC2)NC(=O)NC1=O)C(=O)N1CCN(c2ccc(F)c(F)c2)CC1. The number of benzene rings is 1. The van der Waals surface area contributed by atoms with Crippen LogP contribution in [0.4, 0.5) is 19.3 Å². The number of rotatable bonds is 5. The largest absolute Gasteiger partial charge is 0.368 e. The summed E-state index contributed by atoms with van der Waals surface area (Å²) in [7, 11) is 0. The maximum absolute atomic E-state index is 13.5. The van der Waals surface area contributed by atoms with E-state index in [1.54, 1.807) is 11.8 Å². The van der Waals surface area contributed by atoms with Crippen molar-refractivity contribution in [3.8, 4) is 0 Å². The van der Waals surface area contributed by atoms with Crippen molar-refractivity contribution in [3.05, 3.63) is 29.8 Å². The van der Waals surface area contributed by atoms with Crippen molar-refractivity contribution in [2.24, 2.45) is 11.8 Å². The first kappa shape index (κ1) is 20.5. The highest BCUT2D eigenvalue weighted by atomic mass is 19.2. The van der Waals surface area contributed by atoms with Crippen molar-refractivity contribution in [2.45, 2.75) is 18.9 Å². The number of amides is 4. The van der Waals surface area contributed by atoms with E-state index in [9.17, 15) is 23.2 Å². The van der Waals surface area contributed by atoms with Crippen molar-refractivity contribution < 1.29 is 23.2 Å². The van der Waals surface area contributed by atoms with Gasteiger partial charge in [0.25, 0.3) is 5.91 Å². The molecule has 3 fully saturated rings. The Morgan fingerprint density at radius 2 is 1.87 bits per heavy atom. The number of piperazine rings is 1. The lowest BCUT2D eigenvalue weighted by molar-refractivity contribution is -0.137. The van der Waals surface area contributed by atoms with E-state index in [1.165, 1.54) is 6.07 Å². The van der Waals surface area contributed by atoms with Gasteiger partial charge in [0.2, 0.25) is 5.91 Å². The second-order valence-electron chi connectivity index (χ2n) is 8.25. The minimum absolute atomic E-state index is 0.0515. The van der Waals surface area contributed by atoms with Crippen molar-refractivity contribution in [1.82, 2.24) is 20.9 Å². The summed E-state index contributed by atoms with van der Waals surface area (Å²) in [5.74, 6) is -2.75. The van der Waals surface area contributed by atoms with E-state index in [0.29, 0.717) is 45.0 Å². The molecule has 8 nitrogen and oxygen atoms in total. The summed E-state index contributed by atoms with van der Waals surface area (Å²) in [5, 5.41) is 8.18. The highest BCUT2D eigenvalue weighted by Gasteiger charge is 2.54. The third kappa shape index (κ3) is 3.60. The molecule has 1 aromatic carbocycles. The lowest BCUT2D eigenvalue weighted by Crippen LogP contribution is -2.65. The fourth-order valence-corrected chi connectivity index (χ4v) is 4.49. The predicted molar refractivity (Wildman–Crippen MR) is 105 cm³/mol. The Hall–Kier alpha value is -2.75. The molecule has 162 valence electrons. The normalized spacial score (nSPS) is 25.6. The average Bonchev–Trinajstić information content (AvgIpc) is 2.95. The Morgan fingerprint density at radius 3 is 2.40 bits per heavy atom. The number of imide groups is 1. The molecule has 0 aromatic heterocycles. The zero-order valence-electron chi connectivity index (χ0n) is 16.7. The molecule has 0 bridgehead atoms. The monoisotopic (exact) mass is 421 g/mol. The van der Waals surface area contributed by atoms with E-state index in [4.69, 9.17) is 0 Å². The molecule has 2 atom stereocenters. The van der Waals surface area contributed by atoms with Gasteiger partial charge in [0, 0.05) is 62.9 Å². The van der Waals surface area contributed by atoms with Gasteiger partial charge in [-0.3, -0.25) is 14.9 Å². The van der Waals surface area contributed by atoms with E-state index in [-0.39, 0.29) is 24.2 Å². The van der Waals surface area contributed by atoms with Gasteiger partial charge in [-0.2, -0.15) is 0 Å². The summed E-state index contributed by atoms with van der Waals surface area (Å²) < 4.78 is 26.7. The van der Waals surface area contributed by atoms with Crippen LogP contribution in [0.15, 0.2) is 18.2 Å². The number of hydrogen-bond acceptors (Lipinski definition) is 5. The lowest BCUT2D eigenvalue weighted by atomic mass is 9.74. The van der Waals surface area contributed by atoms with Gasteiger partial charge in [0.05, 0.1) is 0 Å². The van der Waals surface area contributed by atoms with E-state index < -0.39 is 29.1 Å². The Morgan fingerprint density at radius 1 is 1.17 bits per heavy atom. The lowest BCUT2D eigenvalue weighted by Gasteiger charge is -2.43. The summed E-state index contributed by atoms with van der Waals surface area (Å²) >= 11 is 0. The van der Waals surface area contributed by atoms with Gasteiger partial charge < -0.3 is 20.4 Å². The molecule has 10 heteroatoms. The Balaban J connectivity index is 1.38. The van der Waals surface area contributed by atoms with Crippen molar-refractivity contribution in [3.63, 3.8) is 0 Å². The third-order valence-electron chi connectivity index (χ3n) is 6.36. The van der Waals surface area contributed by atoms with Gasteiger partial charge in [-0.25, -0.2) is 13.6 Å². The van der Waals surface area contributed by atoms with Crippen LogP contribution < -0.4 is 20.9 Å².